The van der Waals surface area contributed by atoms with Crippen molar-refractivity contribution in [2.45, 2.75) is 0 Å². The molecule has 4 heteroatoms. The van der Waals surface area contributed by atoms with Gasteiger partial charge < -0.3 is 0 Å². The average molecular weight is 373 g/mol. The Labute approximate surface area is 162 Å². The van der Waals surface area contributed by atoms with Gasteiger partial charge in [-0.25, -0.2) is 0 Å². The van der Waals surface area contributed by atoms with Crippen molar-refractivity contribution in [3.05, 3.63) is 108 Å². The van der Waals surface area contributed by atoms with Crippen LogP contribution in [0.4, 0.5) is 0 Å². The van der Waals surface area contributed by atoms with Crippen LogP contribution >= 0.6 is 11.6 Å². The van der Waals surface area contributed by atoms with Crippen molar-refractivity contribution in [1.82, 2.24) is 4.68 Å². The Bertz CT molecular complexity index is 1020. The number of halogens is 1. The molecule has 0 saturated carbocycles. The van der Waals surface area contributed by atoms with E-state index in [0.717, 1.165) is 22.5 Å². The van der Waals surface area contributed by atoms with Gasteiger partial charge in [0.15, 0.2) is 0 Å². The molecular formula is C23H17ClN2O. The van der Waals surface area contributed by atoms with Gasteiger partial charge in [0.1, 0.15) is 0 Å². The number of aromatic nitrogens is 1. The van der Waals surface area contributed by atoms with Crippen molar-refractivity contribution < 1.29 is 4.79 Å². The van der Waals surface area contributed by atoms with E-state index in [-0.39, 0.29) is 5.91 Å². The van der Waals surface area contributed by atoms with E-state index in [1.807, 2.05) is 77.5 Å². The standard InChI is InChI=1S/C23H17ClN2O/c24-20-13-7-12-19(16-20)23(27)25-26-21(17-8-3-1-4-9-17)14-15-22(26)18-10-5-2-6-11-18/h1-16H,(H,25,27). The van der Waals surface area contributed by atoms with E-state index < -0.39 is 0 Å². The third kappa shape index (κ3) is 3.64. The van der Waals surface area contributed by atoms with E-state index in [9.17, 15) is 4.79 Å². The number of benzene rings is 3. The van der Waals surface area contributed by atoms with Crippen LogP contribution in [0.15, 0.2) is 97.1 Å². The van der Waals surface area contributed by atoms with E-state index >= 15 is 0 Å². The number of carbonyl (C=O) groups is 1. The topological polar surface area (TPSA) is 34.0 Å². The van der Waals surface area contributed by atoms with Crippen LogP contribution in [-0.2, 0) is 0 Å². The lowest BCUT2D eigenvalue weighted by atomic mass is 10.1. The monoisotopic (exact) mass is 372 g/mol. The molecule has 0 fully saturated rings. The molecule has 0 unspecified atom stereocenters. The first-order valence-corrected chi connectivity index (χ1v) is 9.00. The molecule has 1 amide bonds. The van der Waals surface area contributed by atoms with Gasteiger partial charge >= 0.3 is 0 Å². The number of hydrogen-bond donors (Lipinski definition) is 1. The predicted octanol–water partition coefficient (Wildman–Crippen LogP) is 5.86. The molecule has 1 heterocycles. The zero-order valence-corrected chi connectivity index (χ0v) is 15.2. The molecule has 0 spiro atoms. The summed E-state index contributed by atoms with van der Waals surface area (Å²) in [4.78, 5) is 12.8. The number of amides is 1. The molecule has 1 N–H and O–H groups in total. The fourth-order valence-corrected chi connectivity index (χ4v) is 3.21. The highest BCUT2D eigenvalue weighted by Crippen LogP contribution is 2.28. The van der Waals surface area contributed by atoms with Gasteiger partial charge in [-0.05, 0) is 30.3 Å². The third-order valence-corrected chi connectivity index (χ3v) is 4.56. The summed E-state index contributed by atoms with van der Waals surface area (Å²) in [6, 6.07) is 30.9. The Hall–Kier alpha value is -3.30. The van der Waals surface area contributed by atoms with Crippen LogP contribution in [0, 0.1) is 0 Å². The summed E-state index contributed by atoms with van der Waals surface area (Å²) in [6.07, 6.45) is 0. The first-order chi connectivity index (χ1) is 13.2. The highest BCUT2D eigenvalue weighted by molar-refractivity contribution is 6.31. The summed E-state index contributed by atoms with van der Waals surface area (Å²) in [5.74, 6) is -0.219. The predicted molar refractivity (Wildman–Crippen MR) is 110 cm³/mol. The van der Waals surface area contributed by atoms with Crippen LogP contribution in [0.25, 0.3) is 22.5 Å². The molecule has 0 aliphatic heterocycles. The second kappa shape index (κ2) is 7.52. The van der Waals surface area contributed by atoms with E-state index in [2.05, 4.69) is 5.43 Å². The minimum Gasteiger partial charge on any atom is -0.267 e. The highest BCUT2D eigenvalue weighted by Gasteiger charge is 2.15. The summed E-state index contributed by atoms with van der Waals surface area (Å²) < 4.78 is 1.83. The van der Waals surface area contributed by atoms with Crippen molar-refractivity contribution in [2.24, 2.45) is 0 Å². The molecule has 3 aromatic carbocycles. The maximum Gasteiger partial charge on any atom is 0.270 e. The average Bonchev–Trinajstić information content (AvgIpc) is 3.13. The number of nitrogens with one attached hydrogen (secondary N) is 1. The molecule has 0 saturated heterocycles. The van der Waals surface area contributed by atoms with Crippen molar-refractivity contribution in [3.8, 4) is 22.5 Å². The Morgan fingerprint density at radius 3 is 1.78 bits per heavy atom. The third-order valence-electron chi connectivity index (χ3n) is 4.32. The van der Waals surface area contributed by atoms with Gasteiger partial charge in [0.2, 0.25) is 0 Å². The van der Waals surface area contributed by atoms with E-state index in [0.29, 0.717) is 10.6 Å². The fraction of sp³-hybridized carbons (Fsp3) is 0. The van der Waals surface area contributed by atoms with Gasteiger partial charge in [-0.3, -0.25) is 14.9 Å². The quantitative estimate of drug-likeness (QED) is 0.478. The smallest absolute Gasteiger partial charge is 0.267 e. The molecule has 132 valence electrons. The van der Waals surface area contributed by atoms with Crippen LogP contribution in [0.5, 0.6) is 0 Å². The minimum absolute atomic E-state index is 0.219. The fourth-order valence-electron chi connectivity index (χ4n) is 3.02. The van der Waals surface area contributed by atoms with Crippen molar-refractivity contribution >= 4 is 17.5 Å². The molecule has 0 aliphatic carbocycles. The van der Waals surface area contributed by atoms with Gasteiger partial charge in [0.25, 0.3) is 5.91 Å². The highest BCUT2D eigenvalue weighted by atomic mass is 35.5. The largest absolute Gasteiger partial charge is 0.270 e. The molecular weight excluding hydrogens is 356 g/mol. The Morgan fingerprint density at radius 1 is 0.704 bits per heavy atom. The zero-order chi connectivity index (χ0) is 18.6. The molecule has 0 aliphatic rings. The molecule has 0 atom stereocenters. The number of hydrogen-bond acceptors (Lipinski definition) is 1. The molecule has 1 aromatic heterocycles. The summed E-state index contributed by atoms with van der Waals surface area (Å²) in [5, 5.41) is 0.529. The molecule has 27 heavy (non-hydrogen) atoms. The minimum atomic E-state index is -0.219. The van der Waals surface area contributed by atoms with Gasteiger partial charge in [-0.15, -0.1) is 0 Å². The van der Waals surface area contributed by atoms with Gasteiger partial charge in [-0.1, -0.05) is 78.3 Å². The summed E-state index contributed by atoms with van der Waals surface area (Å²) in [7, 11) is 0. The Morgan fingerprint density at radius 2 is 1.26 bits per heavy atom. The summed E-state index contributed by atoms with van der Waals surface area (Å²) in [5.41, 5.74) is 7.38. The van der Waals surface area contributed by atoms with E-state index in [4.69, 9.17) is 11.6 Å². The lowest BCUT2D eigenvalue weighted by Gasteiger charge is -2.15. The second-order valence-corrected chi connectivity index (χ2v) is 6.56. The van der Waals surface area contributed by atoms with Crippen LogP contribution in [-0.4, -0.2) is 10.6 Å². The Kier molecular flexibility index (Phi) is 4.77. The van der Waals surface area contributed by atoms with Crippen molar-refractivity contribution in [1.29, 1.82) is 0 Å². The molecule has 0 bridgehead atoms. The van der Waals surface area contributed by atoms with E-state index in [1.165, 1.54) is 0 Å². The lowest BCUT2D eigenvalue weighted by Crippen LogP contribution is -2.24. The SMILES string of the molecule is O=C(Nn1c(-c2ccccc2)ccc1-c1ccccc1)c1cccc(Cl)c1. The first-order valence-electron chi connectivity index (χ1n) is 8.62. The van der Waals surface area contributed by atoms with Gasteiger partial charge in [0.05, 0.1) is 11.4 Å². The lowest BCUT2D eigenvalue weighted by molar-refractivity contribution is 0.101. The molecule has 4 rings (SSSR count). The maximum atomic E-state index is 12.8. The number of carbonyl (C=O) groups excluding carboxylic acids is 1. The zero-order valence-electron chi connectivity index (χ0n) is 14.5. The van der Waals surface area contributed by atoms with Crippen LogP contribution in [0.1, 0.15) is 10.4 Å². The second-order valence-electron chi connectivity index (χ2n) is 6.12. The van der Waals surface area contributed by atoms with E-state index in [1.54, 1.807) is 24.3 Å². The van der Waals surface area contributed by atoms with Crippen molar-refractivity contribution in [2.75, 3.05) is 5.43 Å². The van der Waals surface area contributed by atoms with Crippen molar-refractivity contribution in [3.63, 3.8) is 0 Å². The van der Waals surface area contributed by atoms with Crippen LogP contribution in [0.2, 0.25) is 5.02 Å². The summed E-state index contributed by atoms with van der Waals surface area (Å²) in [6.45, 7) is 0. The number of nitrogens with zero attached hydrogens (tertiary/aromatic N) is 1. The van der Waals surface area contributed by atoms with Crippen LogP contribution < -0.4 is 5.43 Å². The molecule has 0 radical (unpaired) electrons. The molecule has 4 aromatic rings. The molecule has 3 nitrogen and oxygen atoms in total. The normalized spacial score (nSPS) is 10.6. The van der Waals surface area contributed by atoms with Crippen LogP contribution in [0.3, 0.4) is 0 Å². The van der Waals surface area contributed by atoms with Gasteiger partial charge in [0, 0.05) is 21.7 Å². The summed E-state index contributed by atoms with van der Waals surface area (Å²) >= 11 is 6.04. The Balaban J connectivity index is 1.79. The van der Waals surface area contributed by atoms with Gasteiger partial charge in [-0.2, -0.15) is 0 Å². The number of rotatable bonds is 4. The first kappa shape index (κ1) is 17.1. The maximum absolute atomic E-state index is 12.8.